The fourth-order valence-corrected chi connectivity index (χ4v) is 2.41. The fraction of sp³-hybridized carbons (Fsp3) is 0.0667. The predicted molar refractivity (Wildman–Crippen MR) is 81.7 cm³/mol. The second-order valence-electron chi connectivity index (χ2n) is 5.00. The second kappa shape index (κ2) is 4.80. The SMILES string of the molecule is CC(=O)c1ccc(-n2ccc3c(nnc4ncnn43)c2=O)cc1. The van der Waals surface area contributed by atoms with E-state index in [2.05, 4.69) is 20.3 Å². The number of carbonyl (C=O) groups excluding carboxylic acids is 1. The van der Waals surface area contributed by atoms with Crippen molar-refractivity contribution in [1.82, 2.24) is 29.4 Å². The summed E-state index contributed by atoms with van der Waals surface area (Å²) in [5.74, 6) is 0.308. The molecule has 3 heterocycles. The van der Waals surface area contributed by atoms with Crippen LogP contribution in [-0.2, 0) is 0 Å². The van der Waals surface area contributed by atoms with E-state index < -0.39 is 0 Å². The third kappa shape index (κ3) is 2.00. The highest BCUT2D eigenvalue weighted by Crippen LogP contribution is 2.12. The smallest absolute Gasteiger partial charge is 0.285 e. The van der Waals surface area contributed by atoms with Gasteiger partial charge >= 0.3 is 0 Å². The molecule has 0 spiro atoms. The van der Waals surface area contributed by atoms with Gasteiger partial charge in [0.15, 0.2) is 11.3 Å². The maximum absolute atomic E-state index is 12.6. The molecule has 0 atom stereocenters. The van der Waals surface area contributed by atoms with Gasteiger partial charge in [-0.05, 0) is 37.3 Å². The number of carbonyl (C=O) groups is 1. The summed E-state index contributed by atoms with van der Waals surface area (Å²) in [6.45, 7) is 1.50. The van der Waals surface area contributed by atoms with Crippen LogP contribution in [0.3, 0.4) is 0 Å². The lowest BCUT2D eigenvalue weighted by Gasteiger charge is -2.07. The zero-order chi connectivity index (χ0) is 16.0. The largest absolute Gasteiger partial charge is 0.295 e. The minimum atomic E-state index is -0.317. The van der Waals surface area contributed by atoms with Gasteiger partial charge in [-0.25, -0.2) is 0 Å². The highest BCUT2D eigenvalue weighted by molar-refractivity contribution is 5.94. The number of nitrogens with zero attached hydrogens (tertiary/aromatic N) is 6. The first kappa shape index (κ1) is 13.3. The lowest BCUT2D eigenvalue weighted by Crippen LogP contribution is -2.20. The molecule has 0 aliphatic rings. The average Bonchev–Trinajstić information content (AvgIpc) is 3.04. The summed E-state index contributed by atoms with van der Waals surface area (Å²) in [5, 5.41) is 11.9. The monoisotopic (exact) mass is 306 g/mol. The Bertz CT molecular complexity index is 1110. The molecule has 4 rings (SSSR count). The summed E-state index contributed by atoms with van der Waals surface area (Å²) in [5.41, 5.74) is 1.65. The van der Waals surface area contributed by atoms with Crippen LogP contribution in [0.5, 0.6) is 0 Å². The minimum Gasteiger partial charge on any atom is -0.295 e. The van der Waals surface area contributed by atoms with Crippen molar-refractivity contribution in [3.05, 3.63) is 58.8 Å². The summed E-state index contributed by atoms with van der Waals surface area (Å²) in [6.07, 6.45) is 2.99. The van der Waals surface area contributed by atoms with Gasteiger partial charge in [0, 0.05) is 17.4 Å². The van der Waals surface area contributed by atoms with E-state index >= 15 is 0 Å². The molecule has 0 amide bonds. The molecule has 112 valence electrons. The Morgan fingerprint density at radius 1 is 1.09 bits per heavy atom. The van der Waals surface area contributed by atoms with Crippen LogP contribution in [0.2, 0.25) is 0 Å². The van der Waals surface area contributed by atoms with Crippen molar-refractivity contribution in [3.8, 4) is 5.69 Å². The van der Waals surface area contributed by atoms with Crippen LogP contribution >= 0.6 is 0 Å². The fourth-order valence-electron chi connectivity index (χ4n) is 2.41. The van der Waals surface area contributed by atoms with Crippen molar-refractivity contribution < 1.29 is 4.79 Å². The molecule has 23 heavy (non-hydrogen) atoms. The second-order valence-corrected chi connectivity index (χ2v) is 5.00. The number of aromatic nitrogens is 6. The molecular weight excluding hydrogens is 296 g/mol. The van der Waals surface area contributed by atoms with Gasteiger partial charge in [0.25, 0.3) is 11.3 Å². The van der Waals surface area contributed by atoms with Crippen molar-refractivity contribution in [2.75, 3.05) is 0 Å². The maximum Gasteiger partial charge on any atom is 0.285 e. The number of benzene rings is 1. The molecule has 0 saturated heterocycles. The van der Waals surface area contributed by atoms with Crippen LogP contribution in [0.15, 0.2) is 47.7 Å². The molecule has 8 heteroatoms. The molecule has 0 saturated carbocycles. The van der Waals surface area contributed by atoms with Gasteiger partial charge in [-0.3, -0.25) is 14.2 Å². The first-order valence-electron chi connectivity index (χ1n) is 6.84. The highest BCUT2D eigenvalue weighted by atomic mass is 16.1. The molecule has 0 N–H and O–H groups in total. The highest BCUT2D eigenvalue weighted by Gasteiger charge is 2.11. The summed E-state index contributed by atoms with van der Waals surface area (Å²) < 4.78 is 2.91. The Morgan fingerprint density at radius 2 is 1.87 bits per heavy atom. The molecule has 0 fully saturated rings. The Kier molecular flexibility index (Phi) is 2.77. The van der Waals surface area contributed by atoms with Gasteiger partial charge < -0.3 is 0 Å². The Morgan fingerprint density at radius 3 is 2.61 bits per heavy atom. The molecule has 1 aromatic carbocycles. The van der Waals surface area contributed by atoms with Gasteiger partial charge in [0.05, 0.1) is 0 Å². The van der Waals surface area contributed by atoms with Gasteiger partial charge in [-0.1, -0.05) is 0 Å². The van der Waals surface area contributed by atoms with E-state index in [-0.39, 0.29) is 16.9 Å². The lowest BCUT2D eigenvalue weighted by molar-refractivity contribution is 0.101. The van der Waals surface area contributed by atoms with E-state index in [0.717, 1.165) is 0 Å². The van der Waals surface area contributed by atoms with Crippen LogP contribution < -0.4 is 5.56 Å². The molecule has 0 bridgehead atoms. The Hall–Kier alpha value is -3.42. The molecule has 0 aliphatic heterocycles. The van der Waals surface area contributed by atoms with Crippen molar-refractivity contribution in [2.45, 2.75) is 6.92 Å². The molecular formula is C15H10N6O2. The molecule has 0 aliphatic carbocycles. The summed E-state index contributed by atoms with van der Waals surface area (Å²) in [6, 6.07) is 8.52. The molecule has 0 unspecified atom stereocenters. The van der Waals surface area contributed by atoms with Crippen LogP contribution in [0.4, 0.5) is 0 Å². The van der Waals surface area contributed by atoms with E-state index in [9.17, 15) is 9.59 Å². The van der Waals surface area contributed by atoms with Crippen molar-refractivity contribution >= 4 is 22.6 Å². The molecule has 8 nitrogen and oxygen atoms in total. The van der Waals surface area contributed by atoms with Gasteiger partial charge in [-0.2, -0.15) is 14.6 Å². The van der Waals surface area contributed by atoms with Crippen LogP contribution in [0, 0.1) is 0 Å². The van der Waals surface area contributed by atoms with Gasteiger partial charge in [-0.15, -0.1) is 10.2 Å². The quantitative estimate of drug-likeness (QED) is 0.513. The van der Waals surface area contributed by atoms with Crippen LogP contribution in [0.25, 0.3) is 22.5 Å². The van der Waals surface area contributed by atoms with E-state index in [4.69, 9.17) is 0 Å². The maximum atomic E-state index is 12.6. The minimum absolute atomic E-state index is 0.0261. The third-order valence-corrected chi connectivity index (χ3v) is 3.59. The zero-order valence-corrected chi connectivity index (χ0v) is 12.0. The normalized spacial score (nSPS) is 11.2. The van der Waals surface area contributed by atoms with Crippen molar-refractivity contribution in [2.24, 2.45) is 0 Å². The first-order valence-corrected chi connectivity index (χ1v) is 6.84. The van der Waals surface area contributed by atoms with E-state index in [1.807, 2.05) is 0 Å². The lowest BCUT2D eigenvalue weighted by atomic mass is 10.1. The third-order valence-electron chi connectivity index (χ3n) is 3.59. The topological polar surface area (TPSA) is 95.0 Å². The summed E-state index contributed by atoms with van der Waals surface area (Å²) in [4.78, 5) is 27.9. The summed E-state index contributed by atoms with van der Waals surface area (Å²) in [7, 11) is 0. The number of Topliss-reactive ketones (excluding diaryl/α,β-unsaturated/α-hetero) is 1. The Balaban J connectivity index is 1.94. The summed E-state index contributed by atoms with van der Waals surface area (Å²) >= 11 is 0. The standard InChI is InChI=1S/C15H10N6O2/c1-9(22)10-2-4-11(5-3-10)20-7-6-12-13(14(20)23)18-19-15-16-8-17-21(12)15/h2-8H,1H3. The van der Waals surface area contributed by atoms with Gasteiger partial charge in [0.2, 0.25) is 0 Å². The van der Waals surface area contributed by atoms with E-state index in [1.54, 1.807) is 36.5 Å². The van der Waals surface area contributed by atoms with Crippen LogP contribution in [0.1, 0.15) is 17.3 Å². The van der Waals surface area contributed by atoms with Crippen molar-refractivity contribution in [1.29, 1.82) is 0 Å². The number of rotatable bonds is 2. The number of ketones is 1. The molecule has 4 aromatic rings. The molecule has 0 radical (unpaired) electrons. The average molecular weight is 306 g/mol. The predicted octanol–water partition coefficient (Wildman–Crippen LogP) is 1.03. The van der Waals surface area contributed by atoms with Crippen LogP contribution in [-0.4, -0.2) is 35.1 Å². The van der Waals surface area contributed by atoms with E-state index in [0.29, 0.717) is 22.5 Å². The zero-order valence-electron chi connectivity index (χ0n) is 12.0. The Labute approximate surface area is 129 Å². The first-order chi connectivity index (χ1) is 11.1. The number of pyridine rings is 1. The molecule has 3 aromatic heterocycles. The van der Waals surface area contributed by atoms with E-state index in [1.165, 1.54) is 22.3 Å². The number of fused-ring (bicyclic) bond motifs is 3. The van der Waals surface area contributed by atoms with Gasteiger partial charge in [0.1, 0.15) is 11.8 Å². The number of hydrogen-bond acceptors (Lipinski definition) is 6. The number of hydrogen-bond donors (Lipinski definition) is 0. The van der Waals surface area contributed by atoms with Crippen molar-refractivity contribution in [3.63, 3.8) is 0 Å².